The molecule has 2 rings (SSSR count). The standard InChI is InChI=1S/C14H15NOSe/c1-10-3-8-13(15)14(9-10)17-12-6-4-11(16-2)5-7-12/h3-9H,15H2,1-2H3. The summed E-state index contributed by atoms with van der Waals surface area (Å²) in [6.45, 7) is 2.09. The predicted octanol–water partition coefficient (Wildman–Crippen LogP) is 1.24. The molecule has 2 aromatic carbocycles. The summed E-state index contributed by atoms with van der Waals surface area (Å²) in [7, 11) is 1.68. The number of hydrogen-bond donors (Lipinski definition) is 1. The van der Waals surface area contributed by atoms with Crippen molar-refractivity contribution < 1.29 is 4.74 Å². The minimum absolute atomic E-state index is 0.252. The number of methoxy groups -OCH3 is 1. The molecule has 0 radical (unpaired) electrons. The first-order chi connectivity index (χ1) is 8.19. The van der Waals surface area contributed by atoms with Crippen LogP contribution in [0.25, 0.3) is 0 Å². The van der Waals surface area contributed by atoms with Crippen LogP contribution < -0.4 is 19.4 Å². The summed E-state index contributed by atoms with van der Waals surface area (Å²) in [6.07, 6.45) is 0. The molecule has 0 saturated carbocycles. The average molecular weight is 292 g/mol. The molecule has 0 amide bonds. The SMILES string of the molecule is COc1ccc([Se]c2cc(C)ccc2N)cc1. The van der Waals surface area contributed by atoms with Crippen LogP contribution in [-0.2, 0) is 0 Å². The Morgan fingerprint density at radius 1 is 1.06 bits per heavy atom. The molecule has 2 N–H and O–H groups in total. The average Bonchev–Trinajstić information content (AvgIpc) is 2.35. The van der Waals surface area contributed by atoms with Gasteiger partial charge < -0.3 is 0 Å². The fourth-order valence-electron chi connectivity index (χ4n) is 1.50. The summed E-state index contributed by atoms with van der Waals surface area (Å²) in [5.41, 5.74) is 8.12. The number of benzene rings is 2. The summed E-state index contributed by atoms with van der Waals surface area (Å²) in [5.74, 6) is 0.891. The zero-order valence-corrected chi connectivity index (χ0v) is 11.6. The second kappa shape index (κ2) is 5.26. The van der Waals surface area contributed by atoms with Crippen molar-refractivity contribution in [3.63, 3.8) is 0 Å². The van der Waals surface area contributed by atoms with E-state index in [1.165, 1.54) is 14.5 Å². The number of ether oxygens (including phenoxy) is 1. The topological polar surface area (TPSA) is 35.2 Å². The van der Waals surface area contributed by atoms with Crippen molar-refractivity contribution in [2.75, 3.05) is 12.8 Å². The molecule has 88 valence electrons. The molecule has 0 aromatic heterocycles. The van der Waals surface area contributed by atoms with E-state index in [-0.39, 0.29) is 15.0 Å². The molecule has 0 fully saturated rings. The molecular weight excluding hydrogens is 277 g/mol. The molecular formula is C14H15NOSe. The molecule has 0 aliphatic heterocycles. The maximum absolute atomic E-state index is 5.98. The first-order valence-electron chi connectivity index (χ1n) is 5.37. The second-order valence-corrected chi connectivity index (χ2v) is 6.16. The molecule has 2 nitrogen and oxygen atoms in total. The van der Waals surface area contributed by atoms with Gasteiger partial charge in [0.1, 0.15) is 0 Å². The molecule has 0 bridgehead atoms. The summed E-state index contributed by atoms with van der Waals surface area (Å²) in [4.78, 5) is 0. The van der Waals surface area contributed by atoms with Gasteiger partial charge in [-0.3, -0.25) is 0 Å². The summed E-state index contributed by atoms with van der Waals surface area (Å²) in [5, 5.41) is 0. The first-order valence-corrected chi connectivity index (χ1v) is 7.08. The van der Waals surface area contributed by atoms with Crippen LogP contribution in [0.15, 0.2) is 42.5 Å². The van der Waals surface area contributed by atoms with Crippen LogP contribution in [0.1, 0.15) is 5.56 Å². The summed E-state index contributed by atoms with van der Waals surface area (Å²) < 4.78 is 7.68. The van der Waals surface area contributed by atoms with Gasteiger partial charge in [-0.05, 0) is 0 Å². The molecule has 0 saturated heterocycles. The van der Waals surface area contributed by atoms with Crippen molar-refractivity contribution in [2.24, 2.45) is 0 Å². The van der Waals surface area contributed by atoms with Gasteiger partial charge in [-0.25, -0.2) is 0 Å². The molecule has 2 aromatic rings. The Bertz CT molecular complexity index is 508. The summed E-state index contributed by atoms with van der Waals surface area (Å²) >= 11 is 0.252. The molecule has 3 heteroatoms. The fraction of sp³-hybridized carbons (Fsp3) is 0.143. The van der Waals surface area contributed by atoms with Gasteiger partial charge in [0.25, 0.3) is 0 Å². The van der Waals surface area contributed by atoms with E-state index in [4.69, 9.17) is 10.5 Å². The van der Waals surface area contributed by atoms with E-state index in [0.29, 0.717) is 0 Å². The Kier molecular flexibility index (Phi) is 3.72. The molecule has 0 aliphatic carbocycles. The molecule has 0 spiro atoms. The normalized spacial score (nSPS) is 10.2. The van der Waals surface area contributed by atoms with Crippen molar-refractivity contribution in [2.45, 2.75) is 6.92 Å². The summed E-state index contributed by atoms with van der Waals surface area (Å²) in [6, 6.07) is 14.4. The Hall–Kier alpha value is -1.44. The predicted molar refractivity (Wildman–Crippen MR) is 73.6 cm³/mol. The minimum atomic E-state index is 0.252. The van der Waals surface area contributed by atoms with Gasteiger partial charge in [-0.1, -0.05) is 0 Å². The van der Waals surface area contributed by atoms with E-state index in [1.54, 1.807) is 7.11 Å². The van der Waals surface area contributed by atoms with Crippen molar-refractivity contribution >= 4 is 29.6 Å². The fourth-order valence-corrected chi connectivity index (χ4v) is 3.51. The van der Waals surface area contributed by atoms with Gasteiger partial charge in [-0.2, -0.15) is 0 Å². The van der Waals surface area contributed by atoms with Gasteiger partial charge in [0.15, 0.2) is 0 Å². The number of aryl methyl sites for hydroxylation is 1. The Morgan fingerprint density at radius 3 is 2.41 bits per heavy atom. The Morgan fingerprint density at radius 2 is 1.76 bits per heavy atom. The van der Waals surface area contributed by atoms with Crippen molar-refractivity contribution in [1.82, 2.24) is 0 Å². The monoisotopic (exact) mass is 293 g/mol. The van der Waals surface area contributed by atoms with Crippen LogP contribution in [0.2, 0.25) is 0 Å². The van der Waals surface area contributed by atoms with Crippen LogP contribution in [-0.4, -0.2) is 22.1 Å². The van der Waals surface area contributed by atoms with Crippen molar-refractivity contribution in [1.29, 1.82) is 0 Å². The van der Waals surface area contributed by atoms with Crippen molar-refractivity contribution in [3.8, 4) is 5.75 Å². The molecule has 0 heterocycles. The van der Waals surface area contributed by atoms with Crippen LogP contribution in [0.4, 0.5) is 5.69 Å². The maximum atomic E-state index is 5.98. The number of nitrogens with two attached hydrogens (primary N) is 1. The molecule has 0 unspecified atom stereocenters. The van der Waals surface area contributed by atoms with Gasteiger partial charge in [0, 0.05) is 0 Å². The van der Waals surface area contributed by atoms with Crippen LogP contribution in [0.3, 0.4) is 0 Å². The Labute approximate surface area is 108 Å². The third-order valence-corrected chi connectivity index (χ3v) is 4.73. The molecule has 0 aliphatic rings. The van der Waals surface area contributed by atoms with E-state index in [0.717, 1.165) is 11.4 Å². The van der Waals surface area contributed by atoms with Gasteiger partial charge in [0.05, 0.1) is 0 Å². The third-order valence-electron chi connectivity index (χ3n) is 2.46. The quantitative estimate of drug-likeness (QED) is 0.682. The van der Waals surface area contributed by atoms with Gasteiger partial charge in [0.2, 0.25) is 0 Å². The van der Waals surface area contributed by atoms with E-state index in [2.05, 4.69) is 25.1 Å². The van der Waals surface area contributed by atoms with Crippen LogP contribution in [0, 0.1) is 6.92 Å². The van der Waals surface area contributed by atoms with Crippen molar-refractivity contribution in [3.05, 3.63) is 48.0 Å². The number of nitrogen functional groups attached to an aromatic ring is 1. The Balaban J connectivity index is 2.22. The van der Waals surface area contributed by atoms with E-state index < -0.39 is 0 Å². The second-order valence-electron chi connectivity index (χ2n) is 3.82. The third kappa shape index (κ3) is 3.02. The van der Waals surface area contributed by atoms with Crippen LogP contribution in [0.5, 0.6) is 5.75 Å². The van der Waals surface area contributed by atoms with E-state index in [1.807, 2.05) is 24.3 Å². The van der Waals surface area contributed by atoms with Gasteiger partial charge >= 0.3 is 108 Å². The number of anilines is 1. The number of hydrogen-bond acceptors (Lipinski definition) is 2. The zero-order chi connectivity index (χ0) is 12.3. The van der Waals surface area contributed by atoms with E-state index >= 15 is 0 Å². The molecule has 17 heavy (non-hydrogen) atoms. The molecule has 0 atom stereocenters. The van der Waals surface area contributed by atoms with Crippen LogP contribution >= 0.6 is 0 Å². The zero-order valence-electron chi connectivity index (χ0n) is 9.94. The first kappa shape index (κ1) is 12.0. The van der Waals surface area contributed by atoms with Gasteiger partial charge in [-0.15, -0.1) is 0 Å². The number of rotatable bonds is 3. The van der Waals surface area contributed by atoms with E-state index in [9.17, 15) is 0 Å².